The maximum absolute atomic E-state index is 12.8. The standard InChI is InChI=1S/C23H20O4/c1-26-20-14-12-17(13-15-20)21(24)16-27-23(25)22(18-8-4-2-5-9-18)19-10-6-3-7-11-19/h2-15,22H,16H2,1H3. The van der Waals surface area contributed by atoms with E-state index < -0.39 is 11.9 Å². The highest BCUT2D eigenvalue weighted by Crippen LogP contribution is 2.26. The number of carbonyl (C=O) groups excluding carboxylic acids is 2. The quantitative estimate of drug-likeness (QED) is 0.467. The molecule has 0 bridgehead atoms. The lowest BCUT2D eigenvalue weighted by Gasteiger charge is -2.17. The number of carbonyl (C=O) groups is 2. The smallest absolute Gasteiger partial charge is 0.318 e. The minimum Gasteiger partial charge on any atom is -0.497 e. The molecule has 0 fully saturated rings. The minimum atomic E-state index is -0.573. The molecule has 0 aliphatic heterocycles. The number of hydrogen-bond acceptors (Lipinski definition) is 4. The lowest BCUT2D eigenvalue weighted by Crippen LogP contribution is -2.21. The highest BCUT2D eigenvalue weighted by atomic mass is 16.5. The van der Waals surface area contributed by atoms with Crippen LogP contribution in [0.4, 0.5) is 0 Å². The van der Waals surface area contributed by atoms with Gasteiger partial charge in [0, 0.05) is 5.56 Å². The molecule has 27 heavy (non-hydrogen) atoms. The molecule has 3 rings (SSSR count). The Hall–Kier alpha value is -3.40. The molecule has 3 aromatic rings. The molecule has 0 heterocycles. The third kappa shape index (κ3) is 4.61. The van der Waals surface area contributed by atoms with Gasteiger partial charge in [-0.05, 0) is 35.4 Å². The molecule has 3 aromatic carbocycles. The van der Waals surface area contributed by atoms with Gasteiger partial charge in [-0.1, -0.05) is 60.7 Å². The van der Waals surface area contributed by atoms with Gasteiger partial charge in [0.15, 0.2) is 12.4 Å². The Labute approximate surface area is 158 Å². The summed E-state index contributed by atoms with van der Waals surface area (Å²) in [4.78, 5) is 25.1. The largest absolute Gasteiger partial charge is 0.497 e. The van der Waals surface area contributed by atoms with Crippen LogP contribution in [0.15, 0.2) is 84.9 Å². The Morgan fingerprint density at radius 1 is 0.778 bits per heavy atom. The van der Waals surface area contributed by atoms with Crippen molar-refractivity contribution in [1.29, 1.82) is 0 Å². The predicted molar refractivity (Wildman–Crippen MR) is 103 cm³/mol. The van der Waals surface area contributed by atoms with Crippen LogP contribution in [0.2, 0.25) is 0 Å². The van der Waals surface area contributed by atoms with E-state index in [0.717, 1.165) is 11.1 Å². The van der Waals surface area contributed by atoms with Crippen molar-refractivity contribution in [2.24, 2.45) is 0 Å². The second-order valence-electron chi connectivity index (χ2n) is 6.01. The van der Waals surface area contributed by atoms with Crippen molar-refractivity contribution >= 4 is 11.8 Å². The fourth-order valence-corrected chi connectivity index (χ4v) is 2.84. The van der Waals surface area contributed by atoms with Crippen molar-refractivity contribution in [3.05, 3.63) is 102 Å². The summed E-state index contributed by atoms with van der Waals surface area (Å²) >= 11 is 0. The van der Waals surface area contributed by atoms with Gasteiger partial charge in [0.25, 0.3) is 0 Å². The third-order valence-corrected chi connectivity index (χ3v) is 4.26. The van der Waals surface area contributed by atoms with Crippen molar-refractivity contribution < 1.29 is 19.1 Å². The second-order valence-corrected chi connectivity index (χ2v) is 6.01. The topological polar surface area (TPSA) is 52.6 Å². The maximum atomic E-state index is 12.8. The Kier molecular flexibility index (Phi) is 6.00. The molecule has 0 N–H and O–H groups in total. The molecule has 0 atom stereocenters. The van der Waals surface area contributed by atoms with Crippen molar-refractivity contribution in [3.8, 4) is 5.75 Å². The van der Waals surface area contributed by atoms with Crippen LogP contribution in [0.1, 0.15) is 27.4 Å². The predicted octanol–water partition coefficient (Wildman–Crippen LogP) is 4.25. The van der Waals surface area contributed by atoms with Crippen LogP contribution in [0, 0.1) is 0 Å². The van der Waals surface area contributed by atoms with Crippen LogP contribution in [0.25, 0.3) is 0 Å². The molecule has 0 amide bonds. The average Bonchev–Trinajstić information content (AvgIpc) is 2.74. The molecule has 136 valence electrons. The van der Waals surface area contributed by atoms with Gasteiger partial charge in [-0.3, -0.25) is 9.59 Å². The summed E-state index contributed by atoms with van der Waals surface area (Å²) in [6, 6.07) is 25.5. The average molecular weight is 360 g/mol. The van der Waals surface area contributed by atoms with Gasteiger partial charge in [-0.2, -0.15) is 0 Å². The third-order valence-electron chi connectivity index (χ3n) is 4.26. The fourth-order valence-electron chi connectivity index (χ4n) is 2.84. The number of methoxy groups -OCH3 is 1. The summed E-state index contributed by atoms with van der Waals surface area (Å²) in [5.41, 5.74) is 2.12. The summed E-state index contributed by atoms with van der Waals surface area (Å²) in [6.07, 6.45) is 0. The molecule has 0 aliphatic rings. The Morgan fingerprint density at radius 2 is 1.30 bits per heavy atom. The molecule has 0 spiro atoms. The molecular formula is C23H20O4. The first-order valence-electron chi connectivity index (χ1n) is 8.63. The molecule has 0 saturated heterocycles. The van der Waals surface area contributed by atoms with Crippen LogP contribution >= 0.6 is 0 Å². The van der Waals surface area contributed by atoms with E-state index in [4.69, 9.17) is 9.47 Å². The van der Waals surface area contributed by atoms with E-state index in [1.54, 1.807) is 31.4 Å². The zero-order chi connectivity index (χ0) is 19.1. The highest BCUT2D eigenvalue weighted by Gasteiger charge is 2.25. The zero-order valence-electron chi connectivity index (χ0n) is 15.0. The van der Waals surface area contributed by atoms with Gasteiger partial charge in [-0.25, -0.2) is 0 Å². The Balaban J connectivity index is 1.74. The number of benzene rings is 3. The first-order chi connectivity index (χ1) is 13.2. The summed E-state index contributed by atoms with van der Waals surface area (Å²) < 4.78 is 10.4. The number of Topliss-reactive ketones (excluding diaryl/α,β-unsaturated/α-hetero) is 1. The molecule has 4 heteroatoms. The van der Waals surface area contributed by atoms with Crippen molar-refractivity contribution in [2.45, 2.75) is 5.92 Å². The van der Waals surface area contributed by atoms with E-state index in [2.05, 4.69) is 0 Å². The van der Waals surface area contributed by atoms with Gasteiger partial charge in [0.1, 0.15) is 11.7 Å². The number of rotatable bonds is 7. The van der Waals surface area contributed by atoms with E-state index in [9.17, 15) is 9.59 Å². The summed E-state index contributed by atoms with van der Waals surface area (Å²) in [7, 11) is 1.56. The van der Waals surface area contributed by atoms with Gasteiger partial charge >= 0.3 is 5.97 Å². The first kappa shape index (κ1) is 18.4. The second kappa shape index (κ2) is 8.81. The first-order valence-corrected chi connectivity index (χ1v) is 8.63. The van der Waals surface area contributed by atoms with Gasteiger partial charge in [0.2, 0.25) is 0 Å². The van der Waals surface area contributed by atoms with Crippen LogP contribution in [-0.4, -0.2) is 25.5 Å². The molecule has 0 aliphatic carbocycles. The highest BCUT2D eigenvalue weighted by molar-refractivity contribution is 5.98. The van der Waals surface area contributed by atoms with Crippen LogP contribution in [0.5, 0.6) is 5.75 Å². The van der Waals surface area contributed by atoms with Crippen molar-refractivity contribution in [3.63, 3.8) is 0 Å². The van der Waals surface area contributed by atoms with E-state index in [1.807, 2.05) is 60.7 Å². The molecule has 0 aromatic heterocycles. The minimum absolute atomic E-state index is 0.258. The normalized spacial score (nSPS) is 10.4. The van der Waals surface area contributed by atoms with E-state index >= 15 is 0 Å². The van der Waals surface area contributed by atoms with E-state index in [0.29, 0.717) is 11.3 Å². The van der Waals surface area contributed by atoms with E-state index in [1.165, 1.54) is 0 Å². The molecular weight excluding hydrogens is 340 g/mol. The van der Waals surface area contributed by atoms with Gasteiger partial charge in [-0.15, -0.1) is 0 Å². The SMILES string of the molecule is COc1ccc(C(=O)COC(=O)C(c2ccccc2)c2ccccc2)cc1. The van der Waals surface area contributed by atoms with Gasteiger partial charge in [0.05, 0.1) is 7.11 Å². The van der Waals surface area contributed by atoms with Gasteiger partial charge < -0.3 is 9.47 Å². The van der Waals surface area contributed by atoms with Crippen LogP contribution in [0.3, 0.4) is 0 Å². The van der Waals surface area contributed by atoms with Crippen LogP contribution < -0.4 is 4.74 Å². The summed E-state index contributed by atoms with van der Waals surface area (Å²) in [6.45, 7) is -0.304. The number of ether oxygens (including phenoxy) is 2. The molecule has 0 unspecified atom stereocenters. The number of hydrogen-bond donors (Lipinski definition) is 0. The lowest BCUT2D eigenvalue weighted by molar-refractivity contribution is -0.143. The molecule has 0 saturated carbocycles. The van der Waals surface area contributed by atoms with E-state index in [-0.39, 0.29) is 12.4 Å². The Morgan fingerprint density at radius 3 is 1.78 bits per heavy atom. The maximum Gasteiger partial charge on any atom is 0.318 e. The number of ketones is 1. The molecule has 4 nitrogen and oxygen atoms in total. The summed E-state index contributed by atoms with van der Waals surface area (Å²) in [5.74, 6) is -0.618. The van der Waals surface area contributed by atoms with Crippen molar-refractivity contribution in [1.82, 2.24) is 0 Å². The fraction of sp³-hybridized carbons (Fsp3) is 0.130. The van der Waals surface area contributed by atoms with Crippen LogP contribution in [-0.2, 0) is 9.53 Å². The Bertz CT molecular complexity index is 847. The zero-order valence-corrected chi connectivity index (χ0v) is 15.0. The molecule has 0 radical (unpaired) electrons. The van der Waals surface area contributed by atoms with Crippen molar-refractivity contribution in [2.75, 3.05) is 13.7 Å². The number of esters is 1. The summed E-state index contributed by atoms with van der Waals surface area (Å²) in [5, 5.41) is 0. The lowest BCUT2D eigenvalue weighted by atomic mass is 9.91. The monoisotopic (exact) mass is 360 g/mol.